The molecule has 25 heavy (non-hydrogen) atoms. The lowest BCUT2D eigenvalue weighted by Gasteiger charge is -2.31. The average molecular weight is 390 g/mol. The molecule has 1 amide bonds. The van der Waals surface area contributed by atoms with Gasteiger partial charge in [0.05, 0.1) is 13.7 Å². The number of carbonyl (C=O) groups excluding carboxylic acids is 1. The summed E-state index contributed by atoms with van der Waals surface area (Å²) in [4.78, 5) is 14.2. The zero-order valence-corrected chi connectivity index (χ0v) is 16.2. The van der Waals surface area contributed by atoms with Gasteiger partial charge in [-0.15, -0.1) is 0 Å². The zero-order valence-electron chi connectivity index (χ0n) is 14.7. The Hall–Kier alpha value is -1.35. The van der Waals surface area contributed by atoms with Crippen LogP contribution >= 0.6 is 11.6 Å². The van der Waals surface area contributed by atoms with Gasteiger partial charge in [-0.05, 0) is 32.0 Å². The number of halogens is 1. The number of methoxy groups -OCH3 is 1. The smallest absolute Gasteiger partial charge is 0.247 e. The van der Waals surface area contributed by atoms with Crippen molar-refractivity contribution in [2.75, 3.05) is 39.8 Å². The second kappa shape index (κ2) is 8.35. The summed E-state index contributed by atoms with van der Waals surface area (Å²) < 4.78 is 32.6. The molecule has 1 aliphatic rings. The lowest BCUT2D eigenvalue weighted by Crippen LogP contribution is -2.51. The molecule has 9 heteroatoms. The summed E-state index contributed by atoms with van der Waals surface area (Å²) in [6.07, 6.45) is 0. The van der Waals surface area contributed by atoms with Gasteiger partial charge in [-0.25, -0.2) is 8.42 Å². The van der Waals surface area contributed by atoms with Crippen LogP contribution in [0.5, 0.6) is 5.75 Å². The van der Waals surface area contributed by atoms with Crippen molar-refractivity contribution in [2.24, 2.45) is 0 Å². The third-order valence-corrected chi connectivity index (χ3v) is 6.33. The fourth-order valence-electron chi connectivity index (χ4n) is 2.67. The first-order valence-corrected chi connectivity index (χ1v) is 9.93. The Kier molecular flexibility index (Phi) is 6.67. The lowest BCUT2D eigenvalue weighted by atomic mass is 10.3. The van der Waals surface area contributed by atoms with Gasteiger partial charge in [0.15, 0.2) is 0 Å². The molecule has 1 fully saturated rings. The number of amides is 1. The minimum atomic E-state index is -3.94. The summed E-state index contributed by atoms with van der Waals surface area (Å²) in [6, 6.07) is 4.03. The lowest BCUT2D eigenvalue weighted by molar-refractivity contribution is -0.132. The fraction of sp³-hybridized carbons (Fsp3) is 0.562. The predicted octanol–water partition coefficient (Wildman–Crippen LogP) is 1.18. The Morgan fingerprint density at radius 2 is 2.00 bits per heavy atom. The van der Waals surface area contributed by atoms with Gasteiger partial charge in [-0.2, -0.15) is 4.31 Å². The van der Waals surface area contributed by atoms with Crippen molar-refractivity contribution in [3.63, 3.8) is 0 Å². The van der Waals surface area contributed by atoms with Gasteiger partial charge in [-0.1, -0.05) is 11.6 Å². The molecular formula is C16H24ClN3O4S. The molecule has 0 aliphatic carbocycles. The maximum absolute atomic E-state index is 13.1. The SMILES string of the molecule is COc1ccc(Cl)cc1S(=O)(=O)N(CC(=O)N1CCNCC1)C(C)C. The second-order valence-corrected chi connectivity index (χ2v) is 8.37. The van der Waals surface area contributed by atoms with Crippen molar-refractivity contribution in [3.8, 4) is 5.75 Å². The molecule has 1 saturated heterocycles. The molecule has 1 N–H and O–H groups in total. The van der Waals surface area contributed by atoms with E-state index in [9.17, 15) is 13.2 Å². The van der Waals surface area contributed by atoms with Crippen LogP contribution in [0.2, 0.25) is 5.02 Å². The standard InChI is InChI=1S/C16H24ClN3O4S/c1-12(2)20(11-16(21)19-8-6-18-7-9-19)25(22,23)15-10-13(17)4-5-14(15)24-3/h4-5,10,12,18H,6-9,11H2,1-3H3. The number of carbonyl (C=O) groups is 1. The molecule has 7 nitrogen and oxygen atoms in total. The first-order chi connectivity index (χ1) is 11.8. The maximum Gasteiger partial charge on any atom is 0.247 e. The number of ether oxygens (including phenoxy) is 1. The molecular weight excluding hydrogens is 366 g/mol. The molecule has 1 aromatic carbocycles. The summed E-state index contributed by atoms with van der Waals surface area (Å²) in [7, 11) is -2.54. The summed E-state index contributed by atoms with van der Waals surface area (Å²) in [5, 5.41) is 3.45. The number of rotatable bonds is 6. The molecule has 1 aromatic rings. The largest absolute Gasteiger partial charge is 0.495 e. The van der Waals surface area contributed by atoms with Crippen LogP contribution in [-0.2, 0) is 14.8 Å². The van der Waals surface area contributed by atoms with Crippen LogP contribution in [0.1, 0.15) is 13.8 Å². The summed E-state index contributed by atoms with van der Waals surface area (Å²) in [5.74, 6) is -0.00978. The number of hydrogen-bond acceptors (Lipinski definition) is 5. The van der Waals surface area contributed by atoms with E-state index in [2.05, 4.69) is 5.32 Å². The highest BCUT2D eigenvalue weighted by atomic mass is 35.5. The van der Waals surface area contributed by atoms with Crippen molar-refractivity contribution in [1.29, 1.82) is 0 Å². The van der Waals surface area contributed by atoms with Crippen molar-refractivity contribution < 1.29 is 17.9 Å². The van der Waals surface area contributed by atoms with Crippen molar-refractivity contribution >= 4 is 27.5 Å². The number of piperazine rings is 1. The van der Waals surface area contributed by atoms with Gasteiger partial charge in [0.2, 0.25) is 15.9 Å². The van der Waals surface area contributed by atoms with Crippen LogP contribution in [0.4, 0.5) is 0 Å². The monoisotopic (exact) mass is 389 g/mol. The quantitative estimate of drug-likeness (QED) is 0.790. The van der Waals surface area contributed by atoms with Gasteiger partial charge in [0, 0.05) is 37.2 Å². The topological polar surface area (TPSA) is 79.0 Å². The molecule has 1 heterocycles. The Balaban J connectivity index is 2.32. The fourth-order valence-corrected chi connectivity index (χ4v) is 4.68. The average Bonchev–Trinajstić information content (AvgIpc) is 2.59. The summed E-state index contributed by atoms with van der Waals surface area (Å²) in [6.45, 7) is 5.83. The number of benzene rings is 1. The van der Waals surface area contributed by atoms with E-state index in [1.807, 2.05) is 0 Å². The first-order valence-electron chi connectivity index (χ1n) is 8.11. The van der Waals surface area contributed by atoms with Gasteiger partial charge < -0.3 is 15.0 Å². The Bertz CT molecular complexity index is 718. The minimum Gasteiger partial charge on any atom is -0.495 e. The van der Waals surface area contributed by atoms with Gasteiger partial charge in [0.1, 0.15) is 10.6 Å². The summed E-state index contributed by atoms with van der Waals surface area (Å²) >= 11 is 5.97. The number of nitrogens with one attached hydrogen (secondary N) is 1. The number of hydrogen-bond donors (Lipinski definition) is 1. The predicted molar refractivity (Wildman–Crippen MR) is 96.5 cm³/mol. The van der Waals surface area contributed by atoms with Crippen molar-refractivity contribution in [1.82, 2.24) is 14.5 Å². The highest BCUT2D eigenvalue weighted by Gasteiger charge is 2.33. The van der Waals surface area contributed by atoms with Crippen molar-refractivity contribution in [3.05, 3.63) is 23.2 Å². The van der Waals surface area contributed by atoms with Crippen LogP contribution in [0.3, 0.4) is 0 Å². The van der Waals surface area contributed by atoms with E-state index in [0.29, 0.717) is 26.2 Å². The number of nitrogens with zero attached hydrogens (tertiary/aromatic N) is 2. The van der Waals surface area contributed by atoms with E-state index in [-0.39, 0.29) is 34.2 Å². The summed E-state index contributed by atoms with van der Waals surface area (Å²) in [5.41, 5.74) is 0. The molecule has 0 atom stereocenters. The second-order valence-electron chi connectivity index (χ2n) is 6.07. The van der Waals surface area contributed by atoms with Gasteiger partial charge >= 0.3 is 0 Å². The van der Waals surface area contributed by atoms with Crippen LogP contribution in [0, 0.1) is 0 Å². The molecule has 0 unspecified atom stereocenters. The van der Waals surface area contributed by atoms with Crippen LogP contribution in [0.15, 0.2) is 23.1 Å². The molecule has 0 spiro atoms. The van der Waals surface area contributed by atoms with E-state index in [1.165, 1.54) is 23.5 Å². The highest BCUT2D eigenvalue weighted by molar-refractivity contribution is 7.89. The van der Waals surface area contributed by atoms with E-state index >= 15 is 0 Å². The van der Waals surface area contributed by atoms with E-state index in [0.717, 1.165) is 0 Å². The molecule has 0 saturated carbocycles. The molecule has 1 aliphatic heterocycles. The normalized spacial score (nSPS) is 15.7. The van der Waals surface area contributed by atoms with Crippen LogP contribution in [-0.4, -0.2) is 69.4 Å². The number of sulfonamides is 1. The van der Waals surface area contributed by atoms with E-state index in [4.69, 9.17) is 16.3 Å². The van der Waals surface area contributed by atoms with Crippen LogP contribution in [0.25, 0.3) is 0 Å². The third kappa shape index (κ3) is 4.63. The third-order valence-electron chi connectivity index (χ3n) is 4.05. The Labute approximate surface area is 153 Å². The molecule has 0 bridgehead atoms. The molecule has 0 aromatic heterocycles. The van der Waals surface area contributed by atoms with E-state index < -0.39 is 10.0 Å². The minimum absolute atomic E-state index is 0.0377. The highest BCUT2D eigenvalue weighted by Crippen LogP contribution is 2.30. The van der Waals surface area contributed by atoms with Gasteiger partial charge in [-0.3, -0.25) is 4.79 Å². The Morgan fingerprint density at radius 3 is 2.56 bits per heavy atom. The van der Waals surface area contributed by atoms with Crippen LogP contribution < -0.4 is 10.1 Å². The maximum atomic E-state index is 13.1. The first kappa shape index (κ1) is 20.0. The Morgan fingerprint density at radius 1 is 1.36 bits per heavy atom. The van der Waals surface area contributed by atoms with Crippen molar-refractivity contribution in [2.45, 2.75) is 24.8 Å². The zero-order chi connectivity index (χ0) is 18.6. The van der Waals surface area contributed by atoms with Gasteiger partial charge in [0.25, 0.3) is 0 Å². The molecule has 140 valence electrons. The molecule has 2 rings (SSSR count). The van der Waals surface area contributed by atoms with E-state index in [1.54, 1.807) is 24.8 Å². The molecule has 0 radical (unpaired) electrons.